The Labute approximate surface area is 158 Å². The largest absolute Gasteiger partial charge is 0.417 e. The van der Waals surface area contributed by atoms with E-state index < -0.39 is 29.0 Å². The summed E-state index contributed by atoms with van der Waals surface area (Å²) in [5.41, 5.74) is -0.148. The van der Waals surface area contributed by atoms with Crippen LogP contribution in [-0.4, -0.2) is 22.4 Å². The number of anilines is 1. The number of benzene rings is 1. The second-order valence-corrected chi connectivity index (χ2v) is 7.13. The van der Waals surface area contributed by atoms with Gasteiger partial charge in [-0.1, -0.05) is 20.8 Å². The first-order chi connectivity index (χ1) is 12.9. The molecule has 0 aliphatic rings. The summed E-state index contributed by atoms with van der Waals surface area (Å²) in [6.07, 6.45) is -3.62. The Bertz CT molecular complexity index is 915. The summed E-state index contributed by atoms with van der Waals surface area (Å²) in [6.45, 7) is 5.70. The van der Waals surface area contributed by atoms with E-state index in [1.165, 1.54) is 17.3 Å². The quantitative estimate of drug-likeness (QED) is 0.631. The molecule has 0 atom stereocenters. The smallest absolute Gasteiger partial charge is 0.267 e. The number of carbonyl (C=O) groups is 1. The first-order valence-corrected chi connectivity index (χ1v) is 8.09. The average Bonchev–Trinajstić information content (AvgIpc) is 2.59. The predicted molar refractivity (Wildman–Crippen MR) is 92.4 cm³/mol. The van der Waals surface area contributed by atoms with Gasteiger partial charge >= 0.3 is 6.18 Å². The van der Waals surface area contributed by atoms with Crippen molar-refractivity contribution in [2.75, 3.05) is 11.6 Å². The summed E-state index contributed by atoms with van der Waals surface area (Å²) >= 11 is 0. The van der Waals surface area contributed by atoms with Crippen molar-refractivity contribution in [2.45, 2.75) is 26.9 Å². The Hall–Kier alpha value is -3.22. The molecule has 1 amide bonds. The van der Waals surface area contributed by atoms with Crippen LogP contribution in [0, 0.1) is 22.6 Å². The van der Waals surface area contributed by atoms with Crippen LogP contribution in [0.15, 0.2) is 30.5 Å². The van der Waals surface area contributed by atoms with Crippen LogP contribution in [0.1, 0.15) is 42.5 Å². The Morgan fingerprint density at radius 3 is 2.50 bits per heavy atom. The van der Waals surface area contributed by atoms with Crippen LogP contribution in [0.4, 0.5) is 23.4 Å². The van der Waals surface area contributed by atoms with Crippen molar-refractivity contribution in [3.05, 3.63) is 53.2 Å². The van der Waals surface area contributed by atoms with Crippen LogP contribution in [0.3, 0.4) is 0 Å². The van der Waals surface area contributed by atoms with E-state index in [2.05, 4.69) is 15.4 Å². The number of amides is 1. The average molecular weight is 395 g/mol. The van der Waals surface area contributed by atoms with Gasteiger partial charge < -0.3 is 0 Å². The minimum absolute atomic E-state index is 0.130. The molecule has 2 aromatic rings. The van der Waals surface area contributed by atoms with Crippen molar-refractivity contribution < 1.29 is 22.4 Å². The van der Waals surface area contributed by atoms with E-state index in [1.807, 2.05) is 20.8 Å². The Balaban J connectivity index is 2.42. The molecule has 0 bridgehead atoms. The number of rotatable bonds is 4. The van der Waals surface area contributed by atoms with Gasteiger partial charge in [-0.15, -0.1) is 0 Å². The second-order valence-electron chi connectivity index (χ2n) is 7.13. The number of carbonyl (C=O) groups excluding carboxylic acids is 1. The molecule has 0 fully saturated rings. The summed E-state index contributed by atoms with van der Waals surface area (Å²) in [7, 11) is 0. The zero-order chi connectivity index (χ0) is 21.1. The first-order valence-electron chi connectivity index (χ1n) is 8.09. The molecule has 1 aromatic heterocycles. The second kappa shape index (κ2) is 7.80. The zero-order valence-corrected chi connectivity index (χ0v) is 15.3. The highest BCUT2D eigenvalue weighted by molar-refractivity contribution is 5.96. The number of aromatic nitrogens is 2. The third kappa shape index (κ3) is 5.39. The van der Waals surface area contributed by atoms with Crippen molar-refractivity contribution in [1.29, 1.82) is 5.26 Å². The zero-order valence-electron chi connectivity index (χ0n) is 15.3. The van der Waals surface area contributed by atoms with Crippen LogP contribution >= 0.6 is 0 Å². The van der Waals surface area contributed by atoms with Crippen LogP contribution in [-0.2, 0) is 6.18 Å². The van der Waals surface area contributed by atoms with Gasteiger partial charge in [0.15, 0.2) is 5.82 Å². The summed E-state index contributed by atoms with van der Waals surface area (Å²) in [5, 5.41) is 10.2. The van der Waals surface area contributed by atoms with E-state index in [1.54, 1.807) is 6.07 Å². The number of hydrogen-bond acceptors (Lipinski definition) is 5. The van der Waals surface area contributed by atoms with Gasteiger partial charge in [-0.3, -0.25) is 15.2 Å². The monoisotopic (exact) mass is 395 g/mol. The van der Waals surface area contributed by atoms with Crippen LogP contribution in [0.2, 0.25) is 0 Å². The Morgan fingerprint density at radius 1 is 1.25 bits per heavy atom. The fraction of sp³-hybridized carbons (Fsp3) is 0.333. The topological polar surface area (TPSA) is 81.9 Å². The van der Waals surface area contributed by atoms with E-state index in [0.29, 0.717) is 0 Å². The maximum atomic E-state index is 13.3. The third-order valence-corrected chi connectivity index (χ3v) is 3.42. The van der Waals surface area contributed by atoms with Gasteiger partial charge in [-0.2, -0.15) is 23.4 Å². The summed E-state index contributed by atoms with van der Waals surface area (Å²) < 4.78 is 52.9. The molecule has 28 heavy (non-hydrogen) atoms. The van der Waals surface area contributed by atoms with Crippen molar-refractivity contribution in [3.8, 4) is 6.07 Å². The van der Waals surface area contributed by atoms with Gasteiger partial charge in [0.25, 0.3) is 5.91 Å². The van der Waals surface area contributed by atoms with Gasteiger partial charge in [0, 0.05) is 18.8 Å². The molecule has 0 saturated carbocycles. The number of nitrogens with one attached hydrogen (secondary N) is 1. The lowest BCUT2D eigenvalue weighted by molar-refractivity contribution is -0.138. The first kappa shape index (κ1) is 21.1. The Morgan fingerprint density at radius 2 is 1.93 bits per heavy atom. The lowest BCUT2D eigenvalue weighted by atomic mass is 9.96. The predicted octanol–water partition coefficient (Wildman–Crippen LogP) is 3.70. The molecule has 1 aromatic carbocycles. The number of nitriles is 1. The van der Waals surface area contributed by atoms with E-state index >= 15 is 0 Å². The van der Waals surface area contributed by atoms with Crippen LogP contribution in [0.25, 0.3) is 0 Å². The van der Waals surface area contributed by atoms with Crippen molar-refractivity contribution in [1.82, 2.24) is 15.4 Å². The number of hydrazine groups is 1. The van der Waals surface area contributed by atoms with Gasteiger partial charge in [0.05, 0.1) is 11.1 Å². The number of hydrogen-bond donors (Lipinski definition) is 1. The maximum absolute atomic E-state index is 13.3. The van der Waals surface area contributed by atoms with E-state index in [0.717, 1.165) is 12.1 Å². The van der Waals surface area contributed by atoms with E-state index in [4.69, 9.17) is 5.26 Å². The Kier molecular flexibility index (Phi) is 5.87. The SMILES string of the molecule is CC(C)(C)CN(NC(=O)c1ccc(F)cc1C(F)(F)F)c1ccnc(C#N)n1. The standard InChI is InChI=1S/C18H17F4N5O/c1-17(2,3)10-27(15-6-7-24-14(9-23)25-15)26-16(28)12-5-4-11(19)8-13(12)18(20,21)22/h4-8H,10H2,1-3H3,(H,26,28). The molecule has 0 unspecified atom stereocenters. The van der Waals surface area contributed by atoms with Gasteiger partial charge in [-0.25, -0.2) is 9.37 Å². The maximum Gasteiger partial charge on any atom is 0.417 e. The van der Waals surface area contributed by atoms with Crippen molar-refractivity contribution in [3.63, 3.8) is 0 Å². The number of halogens is 4. The van der Waals surface area contributed by atoms with E-state index in [9.17, 15) is 22.4 Å². The fourth-order valence-electron chi connectivity index (χ4n) is 2.34. The molecule has 2 rings (SSSR count). The highest BCUT2D eigenvalue weighted by atomic mass is 19.4. The van der Waals surface area contributed by atoms with E-state index in [-0.39, 0.29) is 29.7 Å². The molecule has 1 N–H and O–H groups in total. The summed E-state index contributed by atoms with van der Waals surface area (Å²) in [5.74, 6) is -2.23. The third-order valence-electron chi connectivity index (χ3n) is 3.42. The number of alkyl halides is 3. The molecule has 0 saturated heterocycles. The van der Waals surface area contributed by atoms with Gasteiger partial charge in [0.2, 0.25) is 5.82 Å². The van der Waals surface area contributed by atoms with Crippen molar-refractivity contribution in [2.24, 2.45) is 5.41 Å². The lowest BCUT2D eigenvalue weighted by Gasteiger charge is -2.31. The highest BCUT2D eigenvalue weighted by Gasteiger charge is 2.36. The lowest BCUT2D eigenvalue weighted by Crippen LogP contribution is -2.47. The molecule has 0 radical (unpaired) electrons. The molecule has 0 aliphatic carbocycles. The van der Waals surface area contributed by atoms with Crippen molar-refractivity contribution >= 4 is 11.7 Å². The van der Waals surface area contributed by atoms with Gasteiger partial charge in [0.1, 0.15) is 11.9 Å². The molecular weight excluding hydrogens is 378 g/mol. The molecular formula is C18H17F4N5O. The molecule has 0 aliphatic heterocycles. The molecule has 10 heteroatoms. The normalized spacial score (nSPS) is 11.6. The van der Waals surface area contributed by atoms with Gasteiger partial charge in [-0.05, 0) is 23.6 Å². The molecule has 148 valence electrons. The van der Waals surface area contributed by atoms with Crippen LogP contribution < -0.4 is 10.4 Å². The summed E-state index contributed by atoms with van der Waals surface area (Å²) in [6, 6.07) is 4.97. The minimum atomic E-state index is -4.91. The molecule has 6 nitrogen and oxygen atoms in total. The van der Waals surface area contributed by atoms with Crippen LogP contribution in [0.5, 0.6) is 0 Å². The molecule has 1 heterocycles. The molecule has 0 spiro atoms. The number of nitrogens with zero attached hydrogens (tertiary/aromatic N) is 4. The summed E-state index contributed by atoms with van der Waals surface area (Å²) in [4.78, 5) is 20.3. The highest BCUT2D eigenvalue weighted by Crippen LogP contribution is 2.32. The minimum Gasteiger partial charge on any atom is -0.267 e. The fourth-order valence-corrected chi connectivity index (χ4v) is 2.34.